The number of nitro groups is 1. The van der Waals surface area contributed by atoms with E-state index < -0.39 is 10.8 Å². The molecule has 1 heterocycles. The highest BCUT2D eigenvalue weighted by Crippen LogP contribution is 2.21. The van der Waals surface area contributed by atoms with E-state index in [-0.39, 0.29) is 17.1 Å². The van der Waals surface area contributed by atoms with Gasteiger partial charge < -0.3 is 5.32 Å². The summed E-state index contributed by atoms with van der Waals surface area (Å²) in [4.78, 5) is 30.3. The quantitative estimate of drug-likeness (QED) is 0.686. The lowest BCUT2D eigenvalue weighted by Crippen LogP contribution is -2.15. The fraction of sp³-hybridized carbons (Fsp3) is 0.0833. The van der Waals surface area contributed by atoms with E-state index in [0.717, 1.165) is 0 Å². The summed E-state index contributed by atoms with van der Waals surface area (Å²) in [6.45, 7) is 1.53. The van der Waals surface area contributed by atoms with Gasteiger partial charge in [0.2, 0.25) is 0 Å². The van der Waals surface area contributed by atoms with E-state index in [2.05, 4.69) is 31.2 Å². The molecule has 102 valence electrons. The van der Waals surface area contributed by atoms with Crippen molar-refractivity contribution in [3.63, 3.8) is 0 Å². The van der Waals surface area contributed by atoms with Gasteiger partial charge in [-0.2, -0.15) is 0 Å². The van der Waals surface area contributed by atoms with Gasteiger partial charge in [0, 0.05) is 17.2 Å². The normalized spacial score (nSPS) is 10.1. The highest BCUT2D eigenvalue weighted by atomic mass is 79.9. The molecule has 0 fully saturated rings. The first kappa shape index (κ1) is 14.1. The van der Waals surface area contributed by atoms with Crippen LogP contribution in [0.1, 0.15) is 15.9 Å². The fourth-order valence-corrected chi connectivity index (χ4v) is 1.83. The molecule has 0 unspecified atom stereocenters. The summed E-state index contributed by atoms with van der Waals surface area (Å²) in [5, 5.41) is 13.4. The van der Waals surface area contributed by atoms with Crippen molar-refractivity contribution in [3.05, 3.63) is 56.4 Å². The van der Waals surface area contributed by atoms with Crippen molar-refractivity contribution in [3.8, 4) is 0 Å². The fourth-order valence-electron chi connectivity index (χ4n) is 1.63. The molecule has 1 aromatic heterocycles. The number of carbonyl (C=O) groups is 1. The van der Waals surface area contributed by atoms with Gasteiger partial charge in [0.1, 0.15) is 4.60 Å². The Morgan fingerprint density at radius 3 is 2.70 bits per heavy atom. The Kier molecular flexibility index (Phi) is 4.04. The Morgan fingerprint density at radius 2 is 2.10 bits per heavy atom. The molecule has 2 aromatic rings. The van der Waals surface area contributed by atoms with Gasteiger partial charge in [-0.1, -0.05) is 6.07 Å². The minimum Gasteiger partial charge on any atom is -0.305 e. The molecule has 2 rings (SSSR count). The Hall–Kier alpha value is -2.35. The number of amides is 1. The summed E-state index contributed by atoms with van der Waals surface area (Å²) in [7, 11) is 0. The van der Waals surface area contributed by atoms with Crippen LogP contribution in [0.5, 0.6) is 0 Å². The molecule has 0 aliphatic heterocycles. The molecule has 1 amide bonds. The number of benzene rings is 1. The molecule has 0 atom stereocenters. The maximum absolute atomic E-state index is 12.1. The molecule has 0 aliphatic carbocycles. The highest BCUT2D eigenvalue weighted by molar-refractivity contribution is 9.10. The average Bonchev–Trinajstić information content (AvgIpc) is 2.41. The van der Waals surface area contributed by atoms with Gasteiger partial charge in [-0.3, -0.25) is 14.9 Å². The largest absolute Gasteiger partial charge is 0.305 e. The number of hydrogen-bond donors (Lipinski definition) is 1. The molecule has 0 saturated heterocycles. The number of nitro benzene ring substituents is 1. The number of rotatable bonds is 3. The molecule has 7 nitrogen and oxygen atoms in total. The van der Waals surface area contributed by atoms with E-state index in [1.54, 1.807) is 0 Å². The number of nitrogens with zero attached hydrogens (tertiary/aromatic N) is 3. The zero-order chi connectivity index (χ0) is 14.7. The van der Waals surface area contributed by atoms with E-state index in [9.17, 15) is 14.9 Å². The van der Waals surface area contributed by atoms with E-state index in [1.165, 1.54) is 37.5 Å². The number of hydrogen-bond acceptors (Lipinski definition) is 5. The smallest absolute Gasteiger partial charge is 0.273 e. The zero-order valence-corrected chi connectivity index (χ0v) is 11.9. The van der Waals surface area contributed by atoms with Crippen LogP contribution in [0.15, 0.2) is 35.2 Å². The van der Waals surface area contributed by atoms with Crippen LogP contribution in [0.25, 0.3) is 0 Å². The SMILES string of the molecule is Cc1c(C(=O)Nc2cnc(Br)cn2)cccc1[N+](=O)[O-]. The predicted octanol–water partition coefficient (Wildman–Crippen LogP) is 2.71. The first-order chi connectivity index (χ1) is 9.49. The third-order valence-corrected chi connectivity index (χ3v) is 3.02. The first-order valence-corrected chi connectivity index (χ1v) is 6.31. The van der Waals surface area contributed by atoms with Crippen molar-refractivity contribution in [1.29, 1.82) is 0 Å². The lowest BCUT2D eigenvalue weighted by molar-refractivity contribution is -0.385. The molecule has 0 radical (unpaired) electrons. The van der Waals surface area contributed by atoms with Gasteiger partial charge in [0.05, 0.1) is 17.3 Å². The molecular formula is C12H9BrN4O3. The molecule has 1 aromatic carbocycles. The second-order valence-corrected chi connectivity index (χ2v) is 4.70. The number of halogens is 1. The van der Waals surface area contributed by atoms with Crippen LogP contribution in [0.4, 0.5) is 11.5 Å². The first-order valence-electron chi connectivity index (χ1n) is 5.52. The molecule has 0 spiro atoms. The van der Waals surface area contributed by atoms with Crippen molar-refractivity contribution in [1.82, 2.24) is 9.97 Å². The molecule has 8 heteroatoms. The van der Waals surface area contributed by atoms with Gasteiger partial charge in [-0.25, -0.2) is 9.97 Å². The molecular weight excluding hydrogens is 328 g/mol. The third kappa shape index (κ3) is 2.97. The number of aromatic nitrogens is 2. The van der Waals surface area contributed by atoms with Crippen LogP contribution in [-0.4, -0.2) is 20.8 Å². The Bertz CT molecular complexity index is 673. The van der Waals surface area contributed by atoms with Gasteiger partial charge in [0.15, 0.2) is 5.82 Å². The van der Waals surface area contributed by atoms with Crippen molar-refractivity contribution in [2.24, 2.45) is 0 Å². The summed E-state index contributed by atoms with van der Waals surface area (Å²) >= 11 is 3.13. The van der Waals surface area contributed by atoms with Crippen LogP contribution >= 0.6 is 15.9 Å². The summed E-state index contributed by atoms with van der Waals surface area (Å²) in [6.07, 6.45) is 2.82. The van der Waals surface area contributed by atoms with Gasteiger partial charge >= 0.3 is 0 Å². The minimum absolute atomic E-state index is 0.0976. The minimum atomic E-state index is -0.522. The molecule has 20 heavy (non-hydrogen) atoms. The number of carbonyl (C=O) groups excluding carboxylic acids is 1. The Balaban J connectivity index is 2.28. The number of nitrogens with one attached hydrogen (secondary N) is 1. The van der Waals surface area contributed by atoms with Crippen molar-refractivity contribution >= 4 is 33.3 Å². The van der Waals surface area contributed by atoms with E-state index >= 15 is 0 Å². The van der Waals surface area contributed by atoms with Crippen molar-refractivity contribution in [2.75, 3.05) is 5.32 Å². The highest BCUT2D eigenvalue weighted by Gasteiger charge is 2.18. The molecule has 0 bridgehead atoms. The Labute approximate surface area is 122 Å². The van der Waals surface area contributed by atoms with Crippen LogP contribution in [-0.2, 0) is 0 Å². The summed E-state index contributed by atoms with van der Waals surface area (Å²) in [5.74, 6) is -0.202. The summed E-state index contributed by atoms with van der Waals surface area (Å²) in [6, 6.07) is 4.34. The molecule has 1 N–H and O–H groups in total. The summed E-state index contributed by atoms with van der Waals surface area (Å²) in [5.41, 5.74) is 0.434. The topological polar surface area (TPSA) is 98.0 Å². The second kappa shape index (κ2) is 5.74. The zero-order valence-electron chi connectivity index (χ0n) is 10.3. The molecule has 0 saturated carbocycles. The van der Waals surface area contributed by atoms with Gasteiger partial charge in [-0.15, -0.1) is 0 Å². The van der Waals surface area contributed by atoms with Gasteiger partial charge in [0.25, 0.3) is 11.6 Å². The van der Waals surface area contributed by atoms with E-state index in [1.807, 2.05) is 0 Å². The predicted molar refractivity (Wildman–Crippen MR) is 75.5 cm³/mol. The summed E-state index contributed by atoms with van der Waals surface area (Å²) < 4.78 is 0.544. The average molecular weight is 337 g/mol. The monoisotopic (exact) mass is 336 g/mol. The standard InChI is InChI=1S/C12H9BrN4O3/c1-7-8(3-2-4-9(7)17(19)20)12(18)16-11-6-14-10(13)5-15-11/h2-6H,1H3,(H,15,16,18). The number of anilines is 1. The lowest BCUT2D eigenvalue weighted by Gasteiger charge is -2.07. The van der Waals surface area contributed by atoms with E-state index in [4.69, 9.17) is 0 Å². The van der Waals surface area contributed by atoms with E-state index in [0.29, 0.717) is 10.2 Å². The van der Waals surface area contributed by atoms with Crippen molar-refractivity contribution < 1.29 is 9.72 Å². The lowest BCUT2D eigenvalue weighted by atomic mass is 10.1. The van der Waals surface area contributed by atoms with Crippen LogP contribution < -0.4 is 5.32 Å². The Morgan fingerprint density at radius 1 is 1.35 bits per heavy atom. The van der Waals surface area contributed by atoms with Crippen LogP contribution in [0.2, 0.25) is 0 Å². The molecule has 0 aliphatic rings. The third-order valence-electron chi connectivity index (χ3n) is 2.61. The maximum atomic E-state index is 12.1. The van der Waals surface area contributed by atoms with Crippen LogP contribution in [0.3, 0.4) is 0 Å². The van der Waals surface area contributed by atoms with Crippen LogP contribution in [0, 0.1) is 17.0 Å². The second-order valence-electron chi connectivity index (χ2n) is 3.89. The maximum Gasteiger partial charge on any atom is 0.273 e. The van der Waals surface area contributed by atoms with Crippen molar-refractivity contribution in [2.45, 2.75) is 6.92 Å². The van der Waals surface area contributed by atoms with Gasteiger partial charge in [-0.05, 0) is 28.9 Å².